The number of rotatable bonds is 5. The van der Waals surface area contributed by atoms with E-state index in [0.717, 1.165) is 20.7 Å². The van der Waals surface area contributed by atoms with Crippen molar-refractivity contribution in [2.75, 3.05) is 12.4 Å². The first kappa shape index (κ1) is 18.0. The molecule has 0 atom stereocenters. The second kappa shape index (κ2) is 7.34. The van der Waals surface area contributed by atoms with Crippen molar-refractivity contribution in [3.63, 3.8) is 0 Å². The van der Waals surface area contributed by atoms with Crippen LogP contribution in [0.3, 0.4) is 0 Å². The first-order chi connectivity index (χ1) is 13.1. The molecule has 0 aliphatic carbocycles. The molecule has 0 fully saturated rings. The van der Waals surface area contributed by atoms with Gasteiger partial charge in [0.25, 0.3) is 0 Å². The average Bonchev–Trinajstić information content (AvgIpc) is 3.29. The number of hydrogen-bond acceptors (Lipinski definition) is 6. The fraction of sp³-hybridized carbons (Fsp3) is 0.167. The molecular weight excluding hydrogens is 405 g/mol. The number of nitrogens with one attached hydrogen (secondary N) is 1. The maximum Gasteiger partial charge on any atom is 0.238 e. The fourth-order valence-electron chi connectivity index (χ4n) is 2.69. The number of nitrogens with zero attached hydrogens (tertiary/aromatic N) is 4. The van der Waals surface area contributed by atoms with Crippen LogP contribution in [0.1, 0.15) is 10.4 Å². The van der Waals surface area contributed by atoms with Gasteiger partial charge in [-0.2, -0.15) is 4.98 Å². The lowest BCUT2D eigenvalue weighted by atomic mass is 10.2. The van der Waals surface area contributed by atoms with Crippen molar-refractivity contribution in [2.24, 2.45) is 0 Å². The van der Waals surface area contributed by atoms with Crippen molar-refractivity contribution in [1.29, 1.82) is 0 Å². The Bertz CT molecular complexity index is 1110. The van der Waals surface area contributed by atoms with Crippen LogP contribution in [0.15, 0.2) is 36.9 Å². The molecule has 0 radical (unpaired) electrons. The van der Waals surface area contributed by atoms with Crippen molar-refractivity contribution < 1.29 is 4.74 Å². The Labute approximate surface area is 169 Å². The molecule has 4 rings (SSSR count). The lowest BCUT2D eigenvalue weighted by Crippen LogP contribution is -2.06. The fourth-order valence-corrected chi connectivity index (χ4v) is 4.23. The van der Waals surface area contributed by atoms with Crippen molar-refractivity contribution in [2.45, 2.75) is 13.5 Å². The zero-order chi connectivity index (χ0) is 19.0. The lowest BCUT2D eigenvalue weighted by molar-refractivity contribution is 0.415. The summed E-state index contributed by atoms with van der Waals surface area (Å²) in [6.07, 6.45) is 5.15. The normalized spacial score (nSPS) is 11.1. The molecule has 0 amide bonds. The van der Waals surface area contributed by atoms with Crippen LogP contribution in [0, 0.1) is 6.92 Å². The molecule has 3 heterocycles. The summed E-state index contributed by atoms with van der Waals surface area (Å²) in [5.74, 6) is 1.85. The number of thiophene rings is 1. The molecule has 1 N–H and O–H groups in total. The van der Waals surface area contributed by atoms with Crippen LogP contribution in [0.5, 0.6) is 5.75 Å². The molecule has 1 aromatic carbocycles. The first-order valence-electron chi connectivity index (χ1n) is 8.08. The van der Waals surface area contributed by atoms with Gasteiger partial charge in [0.2, 0.25) is 5.95 Å². The number of benzene rings is 1. The van der Waals surface area contributed by atoms with E-state index in [2.05, 4.69) is 20.3 Å². The van der Waals surface area contributed by atoms with E-state index in [-0.39, 0.29) is 0 Å². The Kier molecular flexibility index (Phi) is 4.90. The predicted octanol–water partition coefficient (Wildman–Crippen LogP) is 5.11. The van der Waals surface area contributed by atoms with Crippen molar-refractivity contribution in [1.82, 2.24) is 19.5 Å². The Morgan fingerprint density at radius 1 is 1.26 bits per heavy atom. The second-order valence-corrected chi connectivity index (χ2v) is 7.81. The number of fused-ring (bicyclic) bond motifs is 1. The van der Waals surface area contributed by atoms with Gasteiger partial charge in [0.05, 0.1) is 22.5 Å². The lowest BCUT2D eigenvalue weighted by Gasteiger charge is -2.11. The van der Waals surface area contributed by atoms with Gasteiger partial charge in [-0.25, -0.2) is 9.97 Å². The molecule has 6 nitrogen and oxygen atoms in total. The van der Waals surface area contributed by atoms with Crippen molar-refractivity contribution in [3.05, 3.63) is 57.4 Å². The molecule has 4 aromatic rings. The predicted molar refractivity (Wildman–Crippen MR) is 110 cm³/mol. The molecular formula is C18H15Cl2N5OS. The summed E-state index contributed by atoms with van der Waals surface area (Å²) >= 11 is 14.3. The van der Waals surface area contributed by atoms with Gasteiger partial charge in [0, 0.05) is 23.8 Å². The van der Waals surface area contributed by atoms with E-state index in [1.807, 2.05) is 25.1 Å². The highest BCUT2D eigenvalue weighted by molar-refractivity contribution is 7.19. The van der Waals surface area contributed by atoms with Gasteiger partial charge in [0.1, 0.15) is 22.7 Å². The zero-order valence-electron chi connectivity index (χ0n) is 14.5. The van der Waals surface area contributed by atoms with Gasteiger partial charge in [-0.05, 0) is 24.6 Å². The molecule has 0 unspecified atom stereocenters. The number of anilines is 1. The molecule has 27 heavy (non-hydrogen) atoms. The van der Waals surface area contributed by atoms with E-state index in [1.165, 1.54) is 11.3 Å². The summed E-state index contributed by atoms with van der Waals surface area (Å²) in [5.41, 5.74) is 1.000. The molecule has 9 heteroatoms. The maximum atomic E-state index is 6.50. The summed E-state index contributed by atoms with van der Waals surface area (Å²) in [6.45, 7) is 2.50. The summed E-state index contributed by atoms with van der Waals surface area (Å²) in [4.78, 5) is 15.2. The van der Waals surface area contributed by atoms with E-state index < -0.39 is 0 Å². The van der Waals surface area contributed by atoms with Crippen LogP contribution in [-0.4, -0.2) is 26.6 Å². The largest absolute Gasteiger partial charge is 0.495 e. The number of aryl methyl sites for hydroxylation is 1. The molecule has 0 spiro atoms. The number of imidazole rings is 1. The van der Waals surface area contributed by atoms with Crippen LogP contribution in [-0.2, 0) is 6.54 Å². The SMILES string of the molecule is COc1ccc(CNc2nc(-n3ccnc3)nc3sc(C)c(Cl)c23)cc1Cl. The van der Waals surface area contributed by atoms with Crippen LogP contribution < -0.4 is 10.1 Å². The maximum absolute atomic E-state index is 6.50. The average molecular weight is 420 g/mol. The number of methoxy groups -OCH3 is 1. The van der Waals surface area contributed by atoms with Gasteiger partial charge < -0.3 is 10.1 Å². The van der Waals surface area contributed by atoms with E-state index in [4.69, 9.17) is 27.9 Å². The van der Waals surface area contributed by atoms with Gasteiger partial charge >= 0.3 is 0 Å². The summed E-state index contributed by atoms with van der Waals surface area (Å²) in [7, 11) is 1.59. The monoisotopic (exact) mass is 419 g/mol. The Balaban J connectivity index is 1.72. The third-order valence-electron chi connectivity index (χ3n) is 4.05. The second-order valence-electron chi connectivity index (χ2n) is 5.82. The van der Waals surface area contributed by atoms with Gasteiger partial charge in [-0.3, -0.25) is 4.57 Å². The van der Waals surface area contributed by atoms with E-state index in [0.29, 0.717) is 34.1 Å². The standard InChI is InChI=1S/C18H15Cl2N5OS/c1-10-15(20)14-16(22-8-11-3-4-13(26-2)12(19)7-11)23-18(24-17(14)27-10)25-6-5-21-9-25/h3-7,9H,8H2,1-2H3,(H,22,23,24). The van der Waals surface area contributed by atoms with Gasteiger partial charge in [-0.15, -0.1) is 11.3 Å². The minimum Gasteiger partial charge on any atom is -0.495 e. The third-order valence-corrected chi connectivity index (χ3v) is 5.93. The van der Waals surface area contributed by atoms with Gasteiger partial charge in [-0.1, -0.05) is 29.3 Å². The topological polar surface area (TPSA) is 64.9 Å². The molecule has 138 valence electrons. The molecule has 3 aromatic heterocycles. The Morgan fingerprint density at radius 2 is 2.11 bits per heavy atom. The molecule has 0 aliphatic rings. The number of halogens is 2. The van der Waals surface area contributed by atoms with Crippen LogP contribution in [0.2, 0.25) is 10.0 Å². The Hall–Kier alpha value is -2.35. The number of aromatic nitrogens is 4. The van der Waals surface area contributed by atoms with E-state index in [1.54, 1.807) is 30.4 Å². The van der Waals surface area contributed by atoms with Crippen molar-refractivity contribution in [3.8, 4) is 11.7 Å². The van der Waals surface area contributed by atoms with Crippen LogP contribution in [0.4, 0.5) is 5.82 Å². The number of hydrogen-bond donors (Lipinski definition) is 1. The highest BCUT2D eigenvalue weighted by atomic mass is 35.5. The quantitative estimate of drug-likeness (QED) is 0.486. The summed E-state index contributed by atoms with van der Waals surface area (Å²) < 4.78 is 6.96. The summed E-state index contributed by atoms with van der Waals surface area (Å²) in [5, 5.41) is 5.42. The van der Waals surface area contributed by atoms with Crippen LogP contribution in [0.25, 0.3) is 16.2 Å². The van der Waals surface area contributed by atoms with Gasteiger partial charge in [0.15, 0.2) is 0 Å². The smallest absolute Gasteiger partial charge is 0.238 e. The minimum atomic E-state index is 0.532. The van der Waals surface area contributed by atoms with E-state index >= 15 is 0 Å². The highest BCUT2D eigenvalue weighted by Crippen LogP contribution is 2.38. The summed E-state index contributed by atoms with van der Waals surface area (Å²) in [6, 6.07) is 5.66. The minimum absolute atomic E-state index is 0.532. The molecule has 0 bridgehead atoms. The van der Waals surface area contributed by atoms with Crippen molar-refractivity contribution >= 4 is 50.6 Å². The van der Waals surface area contributed by atoms with E-state index in [9.17, 15) is 0 Å². The molecule has 0 aliphatic heterocycles. The molecule has 0 saturated carbocycles. The number of ether oxygens (including phenoxy) is 1. The first-order valence-corrected chi connectivity index (χ1v) is 9.65. The third kappa shape index (κ3) is 3.45. The van der Waals surface area contributed by atoms with Crippen LogP contribution >= 0.6 is 34.5 Å². The zero-order valence-corrected chi connectivity index (χ0v) is 16.9. The molecule has 0 saturated heterocycles. The Morgan fingerprint density at radius 3 is 2.81 bits per heavy atom. The highest BCUT2D eigenvalue weighted by Gasteiger charge is 2.16.